The Bertz CT molecular complexity index is 388. The maximum Gasteiger partial charge on any atom is 0.147 e. The molecule has 2 rings (SSSR count). The summed E-state index contributed by atoms with van der Waals surface area (Å²) in [5.74, 6) is -0.357. The normalized spacial score (nSPS) is 27.3. The molecule has 1 saturated carbocycles. The Hall–Kier alpha value is -0.800. The fourth-order valence-corrected chi connectivity index (χ4v) is 2.17. The van der Waals surface area contributed by atoms with Gasteiger partial charge in [-0.2, -0.15) is 0 Å². The smallest absolute Gasteiger partial charge is 0.147 e. The predicted octanol–water partition coefficient (Wildman–Crippen LogP) is 3.05. The van der Waals surface area contributed by atoms with E-state index in [0.717, 1.165) is 0 Å². The van der Waals surface area contributed by atoms with E-state index in [4.69, 9.17) is 11.6 Å². The van der Waals surface area contributed by atoms with Crippen molar-refractivity contribution in [1.82, 2.24) is 0 Å². The summed E-state index contributed by atoms with van der Waals surface area (Å²) >= 11 is 5.92. The Balaban J connectivity index is 2.17. The van der Waals surface area contributed by atoms with Crippen LogP contribution in [0.25, 0.3) is 0 Å². The van der Waals surface area contributed by atoms with Gasteiger partial charge in [-0.15, -0.1) is 0 Å². The molecule has 0 aliphatic heterocycles. The maximum atomic E-state index is 13.5. The summed E-state index contributed by atoms with van der Waals surface area (Å²) in [6.07, 6.45) is 0.285. The van der Waals surface area contributed by atoms with Crippen molar-refractivity contribution >= 4 is 17.3 Å². The number of halogens is 2. The van der Waals surface area contributed by atoms with Crippen molar-refractivity contribution in [1.29, 1.82) is 0 Å². The molecule has 1 aromatic rings. The van der Waals surface area contributed by atoms with Gasteiger partial charge in [-0.3, -0.25) is 0 Å². The van der Waals surface area contributed by atoms with Gasteiger partial charge < -0.3 is 10.4 Å². The van der Waals surface area contributed by atoms with E-state index in [1.807, 2.05) is 13.8 Å². The summed E-state index contributed by atoms with van der Waals surface area (Å²) in [6.45, 7) is 3.90. The van der Waals surface area contributed by atoms with Crippen LogP contribution in [0.5, 0.6) is 0 Å². The summed E-state index contributed by atoms with van der Waals surface area (Å²) < 4.78 is 13.5. The number of aliphatic hydroxyl groups excluding tert-OH is 1. The van der Waals surface area contributed by atoms with E-state index in [2.05, 4.69) is 5.32 Å². The molecule has 0 spiro atoms. The largest absolute Gasteiger partial charge is 0.392 e. The highest BCUT2D eigenvalue weighted by atomic mass is 35.5. The van der Waals surface area contributed by atoms with Crippen LogP contribution >= 0.6 is 11.6 Å². The highest BCUT2D eigenvalue weighted by molar-refractivity contribution is 6.33. The van der Waals surface area contributed by atoms with Gasteiger partial charge in [0, 0.05) is 11.5 Å². The van der Waals surface area contributed by atoms with Crippen LogP contribution in [0.3, 0.4) is 0 Å². The Kier molecular flexibility index (Phi) is 2.84. The molecular weight excluding hydrogens is 229 g/mol. The number of anilines is 1. The molecule has 2 atom stereocenters. The monoisotopic (exact) mass is 243 g/mol. The van der Waals surface area contributed by atoms with Crippen LogP contribution < -0.4 is 5.32 Å². The van der Waals surface area contributed by atoms with E-state index in [1.165, 1.54) is 6.07 Å². The molecule has 0 saturated heterocycles. The SMILES string of the molecule is CC1(C)C(O)CC1Nc1c(F)cccc1Cl. The molecule has 88 valence electrons. The summed E-state index contributed by atoms with van der Waals surface area (Å²) in [5.41, 5.74) is 0.0835. The number of hydrogen-bond acceptors (Lipinski definition) is 2. The Morgan fingerprint density at radius 3 is 2.69 bits per heavy atom. The number of benzene rings is 1. The third-order valence-corrected chi connectivity index (χ3v) is 3.81. The highest BCUT2D eigenvalue weighted by Gasteiger charge is 2.47. The van der Waals surface area contributed by atoms with Crippen molar-refractivity contribution in [3.63, 3.8) is 0 Å². The summed E-state index contributed by atoms with van der Waals surface area (Å²) in [7, 11) is 0. The molecule has 1 aromatic carbocycles. The van der Waals surface area contributed by atoms with Crippen molar-refractivity contribution in [2.24, 2.45) is 5.41 Å². The van der Waals surface area contributed by atoms with E-state index in [0.29, 0.717) is 17.1 Å². The standard InChI is InChI=1S/C12H15ClFNO/c1-12(2)9(6-10(12)16)15-11-7(13)4-3-5-8(11)14/h3-5,9-10,15-16H,6H2,1-2H3. The van der Waals surface area contributed by atoms with Gasteiger partial charge in [0.25, 0.3) is 0 Å². The first-order valence-corrected chi connectivity index (χ1v) is 5.69. The van der Waals surface area contributed by atoms with Crippen molar-refractivity contribution in [2.75, 3.05) is 5.32 Å². The van der Waals surface area contributed by atoms with E-state index in [-0.39, 0.29) is 23.4 Å². The van der Waals surface area contributed by atoms with Crippen LogP contribution in [0.4, 0.5) is 10.1 Å². The van der Waals surface area contributed by atoms with Crippen LogP contribution in [0, 0.1) is 11.2 Å². The molecule has 1 aliphatic rings. The second kappa shape index (κ2) is 3.90. The van der Waals surface area contributed by atoms with Crippen LogP contribution in [-0.4, -0.2) is 17.3 Å². The van der Waals surface area contributed by atoms with Crippen LogP contribution in [-0.2, 0) is 0 Å². The van der Waals surface area contributed by atoms with Gasteiger partial charge in [-0.05, 0) is 18.6 Å². The minimum Gasteiger partial charge on any atom is -0.392 e. The Labute approximate surface area is 99.4 Å². The molecule has 1 fully saturated rings. The zero-order valence-corrected chi connectivity index (χ0v) is 10.1. The summed E-state index contributed by atoms with van der Waals surface area (Å²) in [4.78, 5) is 0. The Morgan fingerprint density at radius 1 is 1.50 bits per heavy atom. The lowest BCUT2D eigenvalue weighted by molar-refractivity contribution is -0.0511. The third kappa shape index (κ3) is 1.78. The van der Waals surface area contributed by atoms with Gasteiger partial charge >= 0.3 is 0 Å². The average molecular weight is 244 g/mol. The van der Waals surface area contributed by atoms with E-state index in [9.17, 15) is 9.50 Å². The molecule has 0 heterocycles. The fraction of sp³-hybridized carbons (Fsp3) is 0.500. The molecule has 0 aromatic heterocycles. The first-order valence-electron chi connectivity index (χ1n) is 5.31. The number of aliphatic hydroxyl groups is 1. The zero-order valence-electron chi connectivity index (χ0n) is 9.30. The lowest BCUT2D eigenvalue weighted by Gasteiger charge is -2.49. The predicted molar refractivity (Wildman–Crippen MR) is 63.2 cm³/mol. The molecule has 0 bridgehead atoms. The van der Waals surface area contributed by atoms with E-state index in [1.54, 1.807) is 12.1 Å². The first kappa shape index (κ1) is 11.7. The van der Waals surface area contributed by atoms with E-state index < -0.39 is 0 Å². The quantitative estimate of drug-likeness (QED) is 0.837. The number of nitrogens with one attached hydrogen (secondary N) is 1. The minimum absolute atomic E-state index is 0.0527. The molecule has 2 unspecified atom stereocenters. The van der Waals surface area contributed by atoms with Gasteiger partial charge in [0.05, 0.1) is 16.8 Å². The van der Waals surface area contributed by atoms with Crippen LogP contribution in [0.1, 0.15) is 20.3 Å². The van der Waals surface area contributed by atoms with Gasteiger partial charge in [0.2, 0.25) is 0 Å². The van der Waals surface area contributed by atoms with Gasteiger partial charge in [-0.1, -0.05) is 31.5 Å². The second-order valence-corrected chi connectivity index (χ2v) is 5.27. The van der Waals surface area contributed by atoms with E-state index >= 15 is 0 Å². The second-order valence-electron chi connectivity index (χ2n) is 4.87. The topological polar surface area (TPSA) is 32.3 Å². The lowest BCUT2D eigenvalue weighted by atomic mass is 9.64. The molecule has 4 heteroatoms. The average Bonchev–Trinajstić information content (AvgIpc) is 2.22. The number of rotatable bonds is 2. The molecule has 0 radical (unpaired) electrons. The van der Waals surface area contributed by atoms with Crippen LogP contribution in [0.2, 0.25) is 5.02 Å². The third-order valence-electron chi connectivity index (χ3n) is 3.50. The number of hydrogen-bond donors (Lipinski definition) is 2. The molecule has 2 N–H and O–H groups in total. The summed E-state index contributed by atoms with van der Waals surface area (Å²) in [5, 5.41) is 13.0. The van der Waals surface area contributed by atoms with Crippen LogP contribution in [0.15, 0.2) is 18.2 Å². The van der Waals surface area contributed by atoms with Crippen molar-refractivity contribution < 1.29 is 9.50 Å². The van der Waals surface area contributed by atoms with Crippen molar-refractivity contribution in [2.45, 2.75) is 32.4 Å². The van der Waals surface area contributed by atoms with Crippen molar-refractivity contribution in [3.8, 4) is 0 Å². The Morgan fingerprint density at radius 2 is 2.19 bits per heavy atom. The number of para-hydroxylation sites is 1. The van der Waals surface area contributed by atoms with Gasteiger partial charge in [0.15, 0.2) is 0 Å². The first-order chi connectivity index (χ1) is 7.43. The fourth-order valence-electron chi connectivity index (χ4n) is 1.96. The molecule has 2 nitrogen and oxygen atoms in total. The molecule has 16 heavy (non-hydrogen) atoms. The van der Waals surface area contributed by atoms with Gasteiger partial charge in [0.1, 0.15) is 5.82 Å². The highest BCUT2D eigenvalue weighted by Crippen LogP contribution is 2.43. The van der Waals surface area contributed by atoms with Crippen molar-refractivity contribution in [3.05, 3.63) is 29.0 Å². The molecule has 1 aliphatic carbocycles. The summed E-state index contributed by atoms with van der Waals surface area (Å²) in [6, 6.07) is 4.64. The van der Waals surface area contributed by atoms with Gasteiger partial charge in [-0.25, -0.2) is 4.39 Å². The molecular formula is C12H15ClFNO. The minimum atomic E-state index is -0.357. The lowest BCUT2D eigenvalue weighted by Crippen LogP contribution is -2.57. The zero-order chi connectivity index (χ0) is 11.9. The maximum absolute atomic E-state index is 13.5. The molecule has 0 amide bonds.